The Morgan fingerprint density at radius 2 is 1.86 bits per heavy atom. The van der Waals surface area contributed by atoms with Crippen LogP contribution in [-0.2, 0) is 9.59 Å². The van der Waals surface area contributed by atoms with Crippen molar-refractivity contribution in [3.05, 3.63) is 69.6 Å². The Morgan fingerprint density at radius 3 is 2.28 bits per heavy atom. The Kier molecular flexibility index (Phi) is 20.0. The summed E-state index contributed by atoms with van der Waals surface area (Å²) >= 11 is 5.79. The van der Waals surface area contributed by atoms with Gasteiger partial charge in [0.05, 0.1) is 24.1 Å². The maximum atomic E-state index is 11.4. The van der Waals surface area contributed by atoms with Crippen LogP contribution in [-0.4, -0.2) is 73.0 Å². The highest BCUT2D eigenvalue weighted by Gasteiger charge is 2.14. The van der Waals surface area contributed by atoms with E-state index in [9.17, 15) is 19.2 Å². The van der Waals surface area contributed by atoms with Crippen molar-refractivity contribution >= 4 is 46.7 Å². The van der Waals surface area contributed by atoms with Crippen molar-refractivity contribution < 1.29 is 24.2 Å². The van der Waals surface area contributed by atoms with Gasteiger partial charge in [0.1, 0.15) is 12.0 Å². The minimum absolute atomic E-state index is 0.164. The standard InChI is InChI=1S/C10H8ClNO2.C10H11NO3.C6H13N.C4H9NO.C2H2/c1-14-9-5-12-10(13)8-4-6(11)2-3-7(8)9;1-7(6-12)11-9-4-2-8(3-5-9)10(13)14;1-6-4-3-5-7(6)2;1-2-3-5-4-6;1-2/h2-5H,1H3,(H,12,13);2-7,11H,1H3,(H,13,14);6H,3-5H2,1-2H3;4H,2-3H2,1H3,(H,5,6);1-2H/t;7-;6-;;/m.01../s1. The number of H-pyrrole nitrogens is 1. The van der Waals surface area contributed by atoms with Crippen molar-refractivity contribution in [1.82, 2.24) is 15.2 Å². The van der Waals surface area contributed by atoms with Crippen LogP contribution < -0.4 is 20.9 Å². The molecule has 0 radical (unpaired) electrons. The number of nitrogens with one attached hydrogen (secondary N) is 3. The average Bonchev–Trinajstić information content (AvgIpc) is 3.40. The maximum absolute atomic E-state index is 11.4. The third-order valence-electron chi connectivity index (χ3n) is 6.14. The zero-order chi connectivity index (χ0) is 32.8. The molecule has 2 atom stereocenters. The number of likely N-dealkylation sites (tertiary alicyclic amines) is 1. The minimum Gasteiger partial charge on any atom is -0.495 e. The number of carbonyl (C=O) groups is 3. The zero-order valence-electron chi connectivity index (χ0n) is 25.4. The number of hydrogen-bond acceptors (Lipinski definition) is 7. The first-order chi connectivity index (χ1) is 20.6. The number of fused-ring (bicyclic) bond motifs is 1. The van der Waals surface area contributed by atoms with Gasteiger partial charge in [-0.05, 0) is 89.2 Å². The second-order valence-corrected chi connectivity index (χ2v) is 9.81. The molecule has 4 N–H and O–H groups in total. The first-order valence-corrected chi connectivity index (χ1v) is 14.1. The molecule has 1 saturated heterocycles. The van der Waals surface area contributed by atoms with Crippen LogP contribution in [0.25, 0.3) is 10.8 Å². The van der Waals surface area contributed by atoms with Gasteiger partial charge in [-0.25, -0.2) is 4.79 Å². The molecule has 10 nitrogen and oxygen atoms in total. The smallest absolute Gasteiger partial charge is 0.335 e. The van der Waals surface area contributed by atoms with Gasteiger partial charge in [-0.15, -0.1) is 12.8 Å². The number of anilines is 1. The summed E-state index contributed by atoms with van der Waals surface area (Å²) in [5.41, 5.74) is 0.798. The first kappa shape index (κ1) is 38.7. The Morgan fingerprint density at radius 1 is 1.21 bits per heavy atom. The highest BCUT2D eigenvalue weighted by molar-refractivity contribution is 6.31. The topological polar surface area (TPSA) is 141 Å². The predicted molar refractivity (Wildman–Crippen MR) is 174 cm³/mol. The van der Waals surface area contributed by atoms with Crippen LogP contribution in [0, 0.1) is 12.8 Å². The molecule has 0 saturated carbocycles. The van der Waals surface area contributed by atoms with Crippen LogP contribution in [0.5, 0.6) is 5.75 Å². The second-order valence-electron chi connectivity index (χ2n) is 9.37. The number of aromatic nitrogens is 1. The van der Waals surface area contributed by atoms with E-state index in [4.69, 9.17) is 21.4 Å². The largest absolute Gasteiger partial charge is 0.495 e. The normalized spacial score (nSPS) is 13.9. The van der Waals surface area contributed by atoms with Gasteiger partial charge in [-0.1, -0.05) is 18.5 Å². The number of aromatic amines is 1. The number of carbonyl (C=O) groups excluding carboxylic acids is 2. The molecular formula is C32H43ClN4O6. The van der Waals surface area contributed by atoms with Gasteiger partial charge in [0, 0.05) is 34.9 Å². The molecule has 4 rings (SSSR count). The average molecular weight is 615 g/mol. The van der Waals surface area contributed by atoms with Gasteiger partial charge < -0.3 is 35.2 Å². The van der Waals surface area contributed by atoms with Crippen LogP contribution >= 0.6 is 11.6 Å². The van der Waals surface area contributed by atoms with Crippen molar-refractivity contribution in [1.29, 1.82) is 0 Å². The number of aldehydes is 1. The molecule has 1 aliphatic heterocycles. The van der Waals surface area contributed by atoms with E-state index in [0.717, 1.165) is 36.4 Å². The summed E-state index contributed by atoms with van der Waals surface area (Å²) in [6.45, 7) is 8.12. The van der Waals surface area contributed by atoms with E-state index in [-0.39, 0.29) is 17.2 Å². The number of nitrogens with zero attached hydrogens (tertiary/aromatic N) is 1. The van der Waals surface area contributed by atoms with E-state index in [2.05, 4.69) is 47.3 Å². The lowest BCUT2D eigenvalue weighted by atomic mass is 10.1. The predicted octanol–water partition coefficient (Wildman–Crippen LogP) is 5.07. The fraction of sp³-hybridized carbons (Fsp3) is 0.375. The lowest BCUT2D eigenvalue weighted by molar-refractivity contribution is -0.109. The zero-order valence-corrected chi connectivity index (χ0v) is 26.2. The molecule has 2 aromatic carbocycles. The minimum atomic E-state index is -0.958. The number of ether oxygens (including phenoxy) is 1. The van der Waals surface area contributed by atoms with Crippen molar-refractivity contribution in [2.24, 2.45) is 0 Å². The lowest BCUT2D eigenvalue weighted by Crippen LogP contribution is -2.20. The number of hydrogen-bond donors (Lipinski definition) is 4. The Balaban J connectivity index is 0.000000569. The SMILES string of the molecule is C#C.CCCNC=O.COc1c[nH]c(=O)c2cc(Cl)ccc12.C[C@@H](C=O)Nc1ccc(C(=O)O)cc1.C[C@@H]1CCCN1C. The summed E-state index contributed by atoms with van der Waals surface area (Å²) in [4.78, 5) is 46.7. The highest BCUT2D eigenvalue weighted by Crippen LogP contribution is 2.24. The summed E-state index contributed by atoms with van der Waals surface area (Å²) in [5.74, 6) is -0.323. The summed E-state index contributed by atoms with van der Waals surface area (Å²) in [5, 5.41) is 15.9. The number of methoxy groups -OCH3 is 1. The highest BCUT2D eigenvalue weighted by atomic mass is 35.5. The fourth-order valence-corrected chi connectivity index (χ4v) is 3.83. The van der Waals surface area contributed by atoms with Crippen LogP contribution in [0.3, 0.4) is 0 Å². The molecule has 43 heavy (non-hydrogen) atoms. The number of benzene rings is 2. The Labute approximate surface area is 258 Å². The van der Waals surface area contributed by atoms with E-state index < -0.39 is 5.97 Å². The third-order valence-corrected chi connectivity index (χ3v) is 6.37. The fourth-order valence-electron chi connectivity index (χ4n) is 3.66. The number of terminal acetylenes is 1. The van der Waals surface area contributed by atoms with E-state index in [0.29, 0.717) is 22.6 Å². The van der Waals surface area contributed by atoms with Crippen LogP contribution in [0.1, 0.15) is 50.4 Å². The number of halogens is 1. The van der Waals surface area contributed by atoms with Gasteiger partial charge in [0.25, 0.3) is 5.56 Å². The second kappa shape index (κ2) is 22.3. The molecule has 0 aliphatic carbocycles. The van der Waals surface area contributed by atoms with Gasteiger partial charge in [0.15, 0.2) is 0 Å². The summed E-state index contributed by atoms with van der Waals surface area (Å²) in [6, 6.07) is 11.9. The van der Waals surface area contributed by atoms with E-state index in [1.165, 1.54) is 31.5 Å². The van der Waals surface area contributed by atoms with E-state index >= 15 is 0 Å². The molecule has 0 unspecified atom stereocenters. The van der Waals surface area contributed by atoms with Crippen molar-refractivity contribution in [2.45, 2.75) is 52.1 Å². The number of rotatable bonds is 8. The van der Waals surface area contributed by atoms with E-state index in [1.807, 2.05) is 6.92 Å². The van der Waals surface area contributed by atoms with Crippen LogP contribution in [0.4, 0.5) is 5.69 Å². The van der Waals surface area contributed by atoms with Gasteiger partial charge in [0.2, 0.25) is 6.41 Å². The number of pyridine rings is 1. The van der Waals surface area contributed by atoms with Crippen molar-refractivity contribution in [3.8, 4) is 18.6 Å². The van der Waals surface area contributed by atoms with E-state index in [1.54, 1.807) is 50.6 Å². The lowest BCUT2D eigenvalue weighted by Gasteiger charge is -2.12. The molecule has 1 aliphatic rings. The first-order valence-electron chi connectivity index (χ1n) is 13.7. The Hall–Kier alpha value is -4.33. The van der Waals surface area contributed by atoms with Gasteiger partial charge in [-0.3, -0.25) is 9.59 Å². The molecule has 1 fully saturated rings. The van der Waals surface area contributed by atoms with Crippen LogP contribution in [0.15, 0.2) is 53.5 Å². The monoisotopic (exact) mass is 614 g/mol. The van der Waals surface area contributed by atoms with Crippen molar-refractivity contribution in [3.63, 3.8) is 0 Å². The summed E-state index contributed by atoms with van der Waals surface area (Å²) in [7, 11) is 3.75. The molecule has 11 heteroatoms. The maximum Gasteiger partial charge on any atom is 0.335 e. The van der Waals surface area contributed by atoms with Crippen LogP contribution in [0.2, 0.25) is 5.02 Å². The number of amides is 1. The Bertz CT molecular complexity index is 1320. The third kappa shape index (κ3) is 14.9. The summed E-state index contributed by atoms with van der Waals surface area (Å²) < 4.78 is 5.11. The van der Waals surface area contributed by atoms with Gasteiger partial charge >= 0.3 is 5.97 Å². The molecule has 1 amide bonds. The number of carboxylic acid groups (broad SMARTS) is 1. The summed E-state index contributed by atoms with van der Waals surface area (Å²) in [6.07, 6.45) is 14.8. The molecule has 0 bridgehead atoms. The van der Waals surface area contributed by atoms with Gasteiger partial charge in [-0.2, -0.15) is 0 Å². The number of aromatic carboxylic acids is 1. The molecule has 234 valence electrons. The number of carboxylic acids is 1. The molecule has 1 aromatic heterocycles. The molecule has 2 heterocycles. The van der Waals surface area contributed by atoms with Crippen molar-refractivity contribution in [2.75, 3.05) is 32.6 Å². The molecule has 0 spiro atoms. The molecule has 3 aromatic rings. The molecular weight excluding hydrogens is 572 g/mol. The quantitative estimate of drug-likeness (QED) is 0.157.